The second-order valence-electron chi connectivity index (χ2n) is 5.09. The average Bonchev–Trinajstić information content (AvgIpc) is 2.55. The summed E-state index contributed by atoms with van der Waals surface area (Å²) in [5, 5.41) is 4.02. The molecule has 0 spiro atoms. The number of benzene rings is 1. The molecular formula is C16H18Cl2N4O. The van der Waals surface area contributed by atoms with Crippen molar-refractivity contribution in [1.82, 2.24) is 14.9 Å². The number of hydrogen-bond acceptors (Lipinski definition) is 4. The van der Waals surface area contributed by atoms with Crippen LogP contribution in [-0.2, 0) is 0 Å². The Labute approximate surface area is 145 Å². The summed E-state index contributed by atoms with van der Waals surface area (Å²) in [5.74, 6) is 0.157. The number of carbonyl (C=O) groups is 1. The number of nitrogens with zero attached hydrogens (tertiary/aromatic N) is 3. The van der Waals surface area contributed by atoms with E-state index in [1.807, 2.05) is 0 Å². The lowest BCUT2D eigenvalue weighted by Crippen LogP contribution is -2.28. The molecule has 0 saturated heterocycles. The van der Waals surface area contributed by atoms with Gasteiger partial charge in [-0.15, -0.1) is 0 Å². The van der Waals surface area contributed by atoms with Gasteiger partial charge in [0.25, 0.3) is 5.91 Å². The van der Waals surface area contributed by atoms with E-state index >= 15 is 0 Å². The Bertz CT molecular complexity index is 694. The number of halogens is 2. The number of carbonyl (C=O) groups excluding carboxylic acids is 1. The van der Waals surface area contributed by atoms with Gasteiger partial charge in [-0.1, -0.05) is 36.5 Å². The van der Waals surface area contributed by atoms with E-state index in [0.717, 1.165) is 12.8 Å². The van der Waals surface area contributed by atoms with Crippen LogP contribution in [0.4, 0.5) is 11.6 Å². The van der Waals surface area contributed by atoms with Gasteiger partial charge in [-0.2, -0.15) is 0 Å². The van der Waals surface area contributed by atoms with Gasteiger partial charge in [-0.25, -0.2) is 9.97 Å². The van der Waals surface area contributed by atoms with E-state index in [-0.39, 0.29) is 5.91 Å². The zero-order valence-electron chi connectivity index (χ0n) is 13.0. The number of hydrogen-bond donors (Lipinski definition) is 1. The first kappa shape index (κ1) is 17.5. The van der Waals surface area contributed by atoms with E-state index < -0.39 is 0 Å². The van der Waals surface area contributed by atoms with Crippen molar-refractivity contribution < 1.29 is 4.79 Å². The van der Waals surface area contributed by atoms with Crippen molar-refractivity contribution in [2.45, 2.75) is 19.8 Å². The third kappa shape index (κ3) is 4.81. The van der Waals surface area contributed by atoms with Crippen molar-refractivity contribution in [3.05, 3.63) is 46.2 Å². The van der Waals surface area contributed by atoms with E-state index in [9.17, 15) is 4.79 Å². The molecule has 0 unspecified atom stereocenters. The smallest absolute Gasteiger partial charge is 0.272 e. The summed E-state index contributed by atoms with van der Waals surface area (Å²) in [6.07, 6.45) is 3.52. The predicted molar refractivity (Wildman–Crippen MR) is 93.6 cm³/mol. The Morgan fingerprint density at radius 3 is 2.83 bits per heavy atom. The van der Waals surface area contributed by atoms with Crippen molar-refractivity contribution in [2.24, 2.45) is 0 Å². The summed E-state index contributed by atoms with van der Waals surface area (Å²) < 4.78 is 0. The molecule has 0 radical (unpaired) electrons. The van der Waals surface area contributed by atoms with Crippen molar-refractivity contribution in [2.75, 3.05) is 18.9 Å². The Hall–Kier alpha value is -1.85. The first-order valence-electron chi connectivity index (χ1n) is 7.32. The lowest BCUT2D eigenvalue weighted by molar-refractivity contribution is 0.0787. The molecule has 1 amide bonds. The highest BCUT2D eigenvalue weighted by atomic mass is 35.5. The van der Waals surface area contributed by atoms with Gasteiger partial charge < -0.3 is 10.2 Å². The second kappa shape index (κ2) is 8.13. The summed E-state index contributed by atoms with van der Waals surface area (Å²) in [6, 6.07) is 6.64. The Kier molecular flexibility index (Phi) is 6.19. The summed E-state index contributed by atoms with van der Waals surface area (Å²) in [7, 11) is 1.76. The third-order valence-electron chi connectivity index (χ3n) is 3.24. The highest BCUT2D eigenvalue weighted by Crippen LogP contribution is 2.27. The standard InChI is InChI=1S/C16H18Cl2N4O/c1-3-4-9-22(2)15(23)13-7-8-19-16(20-13)21-14-10-11(17)5-6-12(14)18/h5-8,10H,3-4,9H2,1-2H3,(H,19,20,21). The van der Waals surface area contributed by atoms with Gasteiger partial charge in [0.05, 0.1) is 10.7 Å². The number of amides is 1. The maximum absolute atomic E-state index is 12.3. The molecule has 5 nitrogen and oxygen atoms in total. The first-order valence-corrected chi connectivity index (χ1v) is 8.07. The highest BCUT2D eigenvalue weighted by Gasteiger charge is 2.14. The zero-order chi connectivity index (χ0) is 16.8. The lowest BCUT2D eigenvalue weighted by Gasteiger charge is -2.16. The molecule has 0 atom stereocenters. The van der Waals surface area contributed by atoms with Crippen molar-refractivity contribution in [1.29, 1.82) is 0 Å². The number of aromatic nitrogens is 2. The molecule has 1 heterocycles. The van der Waals surface area contributed by atoms with Crippen LogP contribution in [0.5, 0.6) is 0 Å². The molecule has 0 aliphatic heterocycles. The van der Waals surface area contributed by atoms with Crippen LogP contribution < -0.4 is 5.32 Å². The maximum atomic E-state index is 12.3. The quantitative estimate of drug-likeness (QED) is 0.836. The minimum atomic E-state index is -0.138. The number of nitrogens with one attached hydrogen (secondary N) is 1. The van der Waals surface area contributed by atoms with Gasteiger partial charge in [0.1, 0.15) is 5.69 Å². The van der Waals surface area contributed by atoms with Crippen LogP contribution in [0.15, 0.2) is 30.5 Å². The Balaban J connectivity index is 2.16. The van der Waals surface area contributed by atoms with Crippen LogP contribution in [0, 0.1) is 0 Å². The monoisotopic (exact) mass is 352 g/mol. The molecule has 1 aromatic heterocycles. The molecule has 2 aromatic rings. The van der Waals surface area contributed by atoms with Crippen LogP contribution >= 0.6 is 23.2 Å². The van der Waals surface area contributed by atoms with Crippen LogP contribution in [0.2, 0.25) is 10.0 Å². The third-order valence-corrected chi connectivity index (χ3v) is 3.81. The largest absolute Gasteiger partial charge is 0.340 e. The summed E-state index contributed by atoms with van der Waals surface area (Å²) in [5.41, 5.74) is 0.919. The molecule has 122 valence electrons. The topological polar surface area (TPSA) is 58.1 Å². The molecule has 23 heavy (non-hydrogen) atoms. The molecular weight excluding hydrogens is 335 g/mol. The van der Waals surface area contributed by atoms with E-state index in [2.05, 4.69) is 22.2 Å². The van der Waals surface area contributed by atoms with Crippen molar-refractivity contribution >= 4 is 40.7 Å². The number of anilines is 2. The fraction of sp³-hybridized carbons (Fsp3) is 0.312. The van der Waals surface area contributed by atoms with E-state index in [1.54, 1.807) is 36.2 Å². The second-order valence-corrected chi connectivity index (χ2v) is 5.94. The molecule has 7 heteroatoms. The Morgan fingerprint density at radius 2 is 2.09 bits per heavy atom. The molecule has 0 fully saturated rings. The van der Waals surface area contributed by atoms with Gasteiger partial charge in [0, 0.05) is 24.8 Å². The normalized spacial score (nSPS) is 10.4. The molecule has 0 aliphatic rings. The number of unbranched alkanes of at least 4 members (excludes halogenated alkanes) is 1. The summed E-state index contributed by atoms with van der Waals surface area (Å²) in [6.45, 7) is 2.78. The van der Waals surface area contributed by atoms with Crippen LogP contribution in [-0.4, -0.2) is 34.4 Å². The lowest BCUT2D eigenvalue weighted by atomic mass is 10.3. The van der Waals surface area contributed by atoms with Gasteiger partial charge >= 0.3 is 0 Å². The first-order chi connectivity index (χ1) is 11.0. The molecule has 2 rings (SSSR count). The number of rotatable bonds is 6. The molecule has 0 aliphatic carbocycles. The molecule has 1 aromatic carbocycles. The summed E-state index contributed by atoms with van der Waals surface area (Å²) >= 11 is 12.1. The molecule has 0 saturated carbocycles. The van der Waals surface area contributed by atoms with Gasteiger partial charge in [-0.05, 0) is 30.7 Å². The van der Waals surface area contributed by atoms with Gasteiger partial charge in [0.2, 0.25) is 5.95 Å². The predicted octanol–water partition coefficient (Wildman–Crippen LogP) is 4.40. The van der Waals surface area contributed by atoms with Crippen LogP contribution in [0.1, 0.15) is 30.3 Å². The Morgan fingerprint density at radius 1 is 1.30 bits per heavy atom. The zero-order valence-corrected chi connectivity index (χ0v) is 14.5. The molecule has 1 N–H and O–H groups in total. The average molecular weight is 353 g/mol. The van der Waals surface area contributed by atoms with Crippen molar-refractivity contribution in [3.63, 3.8) is 0 Å². The fourth-order valence-electron chi connectivity index (χ4n) is 1.94. The van der Waals surface area contributed by atoms with E-state index in [0.29, 0.717) is 33.9 Å². The van der Waals surface area contributed by atoms with Gasteiger partial charge in [0.15, 0.2) is 0 Å². The molecule has 0 bridgehead atoms. The highest BCUT2D eigenvalue weighted by molar-refractivity contribution is 6.35. The van der Waals surface area contributed by atoms with Crippen molar-refractivity contribution in [3.8, 4) is 0 Å². The summed E-state index contributed by atoms with van der Waals surface area (Å²) in [4.78, 5) is 22.4. The maximum Gasteiger partial charge on any atom is 0.272 e. The minimum Gasteiger partial charge on any atom is -0.340 e. The van der Waals surface area contributed by atoms with Gasteiger partial charge in [-0.3, -0.25) is 4.79 Å². The van der Waals surface area contributed by atoms with E-state index in [1.165, 1.54) is 6.20 Å². The fourth-order valence-corrected chi connectivity index (χ4v) is 2.28. The van der Waals surface area contributed by atoms with Crippen LogP contribution in [0.3, 0.4) is 0 Å². The SMILES string of the molecule is CCCCN(C)C(=O)c1ccnc(Nc2cc(Cl)ccc2Cl)n1. The van der Waals surface area contributed by atoms with Crippen LogP contribution in [0.25, 0.3) is 0 Å². The minimum absolute atomic E-state index is 0.138. The van der Waals surface area contributed by atoms with E-state index in [4.69, 9.17) is 23.2 Å².